The summed E-state index contributed by atoms with van der Waals surface area (Å²) in [6, 6.07) is 11.4. The van der Waals surface area contributed by atoms with E-state index in [2.05, 4.69) is 9.71 Å². The summed E-state index contributed by atoms with van der Waals surface area (Å²) in [6.45, 7) is 11.1. The number of fused-ring (bicyclic) bond motifs is 1. The number of hydrogen-bond acceptors (Lipinski definition) is 5. The van der Waals surface area contributed by atoms with Gasteiger partial charge in [-0.2, -0.15) is 0 Å². The minimum atomic E-state index is -3.94. The third kappa shape index (κ3) is 5.73. The first-order valence-corrected chi connectivity index (χ1v) is 13.1. The predicted octanol–water partition coefficient (Wildman–Crippen LogP) is 4.71. The summed E-state index contributed by atoms with van der Waals surface area (Å²) in [4.78, 5) is 32.6. The van der Waals surface area contributed by atoms with Crippen LogP contribution in [0.1, 0.15) is 50.5 Å². The Kier molecular flexibility index (Phi) is 7.92. The fourth-order valence-electron chi connectivity index (χ4n) is 4.02. The highest BCUT2D eigenvalue weighted by atomic mass is 32.2. The monoisotopic (exact) mass is 483 g/mol. The summed E-state index contributed by atoms with van der Waals surface area (Å²) in [5.41, 5.74) is 1.87. The van der Waals surface area contributed by atoms with Crippen molar-refractivity contribution in [2.45, 2.75) is 45.9 Å². The molecule has 0 bridgehead atoms. The highest BCUT2D eigenvalue weighted by Gasteiger charge is 2.35. The molecule has 1 atom stereocenters. The Bertz CT molecular complexity index is 1190. The SMILES string of the molecule is CCc1ccccc1NS(=O)(=O)c1ccc2c(c1)C(=O)C(C(=O)N(CC(C)C)CC(C)C)C=N2. The first kappa shape index (κ1) is 25.6. The maximum Gasteiger partial charge on any atom is 0.261 e. The number of aryl methyl sites for hydroxylation is 1. The zero-order valence-electron chi connectivity index (χ0n) is 20.4. The number of nitrogens with one attached hydrogen (secondary N) is 1. The van der Waals surface area contributed by atoms with Gasteiger partial charge >= 0.3 is 0 Å². The van der Waals surface area contributed by atoms with Gasteiger partial charge in [-0.1, -0.05) is 52.8 Å². The van der Waals surface area contributed by atoms with Gasteiger partial charge in [0.2, 0.25) is 5.91 Å². The molecule has 2 aromatic carbocycles. The van der Waals surface area contributed by atoms with Crippen LogP contribution in [0.15, 0.2) is 52.4 Å². The Morgan fingerprint density at radius 1 is 1.06 bits per heavy atom. The number of nitrogens with zero attached hydrogens (tertiary/aromatic N) is 2. The first-order chi connectivity index (χ1) is 16.0. The predicted molar refractivity (Wildman–Crippen MR) is 135 cm³/mol. The molecule has 0 saturated heterocycles. The van der Waals surface area contributed by atoms with E-state index in [-0.39, 0.29) is 28.2 Å². The summed E-state index contributed by atoms with van der Waals surface area (Å²) in [5.74, 6) is -1.29. The highest BCUT2D eigenvalue weighted by Crippen LogP contribution is 2.31. The standard InChI is InChI=1S/C26H33N3O4S/c1-6-19-9-7-8-10-23(19)28-34(32,33)20-11-12-24-21(13-20)25(30)22(14-27-24)26(31)29(15-17(2)3)16-18(4)5/h7-14,17-18,22,28H,6,15-16H2,1-5H3. The minimum absolute atomic E-state index is 0.0463. The van der Waals surface area contributed by atoms with Crippen LogP contribution in [-0.2, 0) is 21.2 Å². The van der Waals surface area contributed by atoms with Crippen LogP contribution in [0.5, 0.6) is 0 Å². The fraction of sp³-hybridized carbons (Fsp3) is 0.423. The largest absolute Gasteiger partial charge is 0.341 e. The summed E-state index contributed by atoms with van der Waals surface area (Å²) in [6.07, 6.45) is 2.05. The van der Waals surface area contributed by atoms with Gasteiger partial charge in [0.05, 0.1) is 16.3 Å². The average Bonchev–Trinajstić information content (AvgIpc) is 2.78. The zero-order valence-corrected chi connectivity index (χ0v) is 21.2. The van der Waals surface area contributed by atoms with E-state index in [1.807, 2.05) is 46.8 Å². The number of sulfonamides is 1. The number of hydrogen-bond donors (Lipinski definition) is 1. The molecule has 0 radical (unpaired) electrons. The van der Waals surface area contributed by atoms with Crippen molar-refractivity contribution in [3.05, 3.63) is 53.6 Å². The van der Waals surface area contributed by atoms with E-state index in [0.29, 0.717) is 30.9 Å². The van der Waals surface area contributed by atoms with Crippen molar-refractivity contribution in [2.24, 2.45) is 22.7 Å². The van der Waals surface area contributed by atoms with Gasteiger partial charge in [0, 0.05) is 24.9 Å². The number of Topliss-reactive ketones (excluding diaryl/α,β-unsaturated/α-hetero) is 1. The number of carbonyl (C=O) groups excluding carboxylic acids is 2. The lowest BCUT2D eigenvalue weighted by molar-refractivity contribution is -0.133. The van der Waals surface area contributed by atoms with E-state index in [4.69, 9.17) is 0 Å². The molecule has 0 spiro atoms. The Hall–Kier alpha value is -3.00. The molecule has 1 unspecified atom stereocenters. The lowest BCUT2D eigenvalue weighted by Crippen LogP contribution is -2.44. The average molecular weight is 484 g/mol. The van der Waals surface area contributed by atoms with Crippen molar-refractivity contribution in [1.82, 2.24) is 4.90 Å². The fourth-order valence-corrected chi connectivity index (χ4v) is 5.15. The molecule has 182 valence electrons. The molecule has 3 rings (SSSR count). The van der Waals surface area contributed by atoms with Crippen molar-refractivity contribution in [3.63, 3.8) is 0 Å². The maximum atomic E-state index is 13.3. The van der Waals surface area contributed by atoms with Gasteiger partial charge in [-0.3, -0.25) is 19.3 Å². The minimum Gasteiger partial charge on any atom is -0.341 e. The van der Waals surface area contributed by atoms with Crippen molar-refractivity contribution < 1.29 is 18.0 Å². The van der Waals surface area contributed by atoms with E-state index in [1.54, 1.807) is 17.0 Å². The summed E-state index contributed by atoms with van der Waals surface area (Å²) < 4.78 is 28.8. The Labute approximate surface area is 202 Å². The number of aliphatic imine (C=N–C) groups is 1. The number of amides is 1. The number of anilines is 1. The van der Waals surface area contributed by atoms with Crippen molar-refractivity contribution >= 4 is 39.3 Å². The normalized spacial score (nSPS) is 15.5. The summed E-state index contributed by atoms with van der Waals surface area (Å²) >= 11 is 0. The molecule has 8 heteroatoms. The van der Waals surface area contributed by atoms with Crippen LogP contribution in [-0.4, -0.2) is 44.3 Å². The van der Waals surface area contributed by atoms with Gasteiger partial charge in [0.25, 0.3) is 10.0 Å². The second kappa shape index (κ2) is 10.5. The van der Waals surface area contributed by atoms with Gasteiger partial charge in [0.1, 0.15) is 5.92 Å². The molecule has 1 aliphatic rings. The van der Waals surface area contributed by atoms with Gasteiger partial charge in [-0.15, -0.1) is 0 Å². The summed E-state index contributed by atoms with van der Waals surface area (Å²) in [7, 11) is -3.94. The van der Waals surface area contributed by atoms with E-state index in [0.717, 1.165) is 5.56 Å². The molecule has 0 aliphatic carbocycles. The molecule has 0 aromatic heterocycles. The molecule has 1 heterocycles. The zero-order chi connectivity index (χ0) is 25.0. The summed E-state index contributed by atoms with van der Waals surface area (Å²) in [5, 5.41) is 0. The van der Waals surface area contributed by atoms with Crippen LogP contribution < -0.4 is 4.72 Å². The number of benzene rings is 2. The van der Waals surface area contributed by atoms with Gasteiger partial charge < -0.3 is 4.90 Å². The topological polar surface area (TPSA) is 95.9 Å². The number of para-hydroxylation sites is 1. The molecule has 2 aromatic rings. The Morgan fingerprint density at radius 2 is 1.71 bits per heavy atom. The van der Waals surface area contributed by atoms with Gasteiger partial charge in [0.15, 0.2) is 5.78 Å². The van der Waals surface area contributed by atoms with Gasteiger partial charge in [-0.05, 0) is 48.1 Å². The smallest absolute Gasteiger partial charge is 0.261 e. The Morgan fingerprint density at radius 3 is 2.32 bits per heavy atom. The van der Waals surface area contributed by atoms with Crippen molar-refractivity contribution in [3.8, 4) is 0 Å². The maximum absolute atomic E-state index is 13.3. The van der Waals surface area contributed by atoms with Crippen LogP contribution in [0.3, 0.4) is 0 Å². The lowest BCUT2D eigenvalue weighted by atomic mass is 9.93. The molecule has 0 fully saturated rings. The van der Waals surface area contributed by atoms with E-state index in [9.17, 15) is 18.0 Å². The lowest BCUT2D eigenvalue weighted by Gasteiger charge is -2.29. The second-order valence-electron chi connectivity index (χ2n) is 9.45. The second-order valence-corrected chi connectivity index (χ2v) is 11.1. The van der Waals surface area contributed by atoms with E-state index < -0.39 is 21.7 Å². The van der Waals surface area contributed by atoms with Crippen molar-refractivity contribution in [2.75, 3.05) is 17.8 Å². The third-order valence-electron chi connectivity index (χ3n) is 5.58. The van der Waals surface area contributed by atoms with Crippen LogP contribution in [0.4, 0.5) is 11.4 Å². The van der Waals surface area contributed by atoms with Gasteiger partial charge in [-0.25, -0.2) is 8.42 Å². The molecule has 34 heavy (non-hydrogen) atoms. The number of rotatable bonds is 9. The number of carbonyl (C=O) groups is 2. The third-order valence-corrected chi connectivity index (χ3v) is 6.94. The molecule has 1 aliphatic heterocycles. The highest BCUT2D eigenvalue weighted by molar-refractivity contribution is 7.92. The molecule has 0 saturated carbocycles. The molecule has 1 N–H and O–H groups in total. The van der Waals surface area contributed by atoms with Crippen LogP contribution in [0.25, 0.3) is 0 Å². The first-order valence-electron chi connectivity index (χ1n) is 11.7. The molecular formula is C26H33N3O4S. The van der Waals surface area contributed by atoms with Crippen LogP contribution in [0.2, 0.25) is 0 Å². The number of ketones is 1. The van der Waals surface area contributed by atoms with E-state index >= 15 is 0 Å². The molecular weight excluding hydrogens is 450 g/mol. The van der Waals surface area contributed by atoms with Crippen LogP contribution >= 0.6 is 0 Å². The van der Waals surface area contributed by atoms with E-state index in [1.165, 1.54) is 24.4 Å². The van der Waals surface area contributed by atoms with Crippen LogP contribution in [0, 0.1) is 17.8 Å². The quantitative estimate of drug-likeness (QED) is 0.523. The molecule has 7 nitrogen and oxygen atoms in total. The Balaban J connectivity index is 1.90. The van der Waals surface area contributed by atoms with Crippen molar-refractivity contribution in [1.29, 1.82) is 0 Å². The molecule has 1 amide bonds.